The fraction of sp³-hybridized carbons (Fsp3) is 0.280. The zero-order valence-electron chi connectivity index (χ0n) is 18.5. The van der Waals surface area contributed by atoms with E-state index in [4.69, 9.17) is 25.8 Å². The summed E-state index contributed by atoms with van der Waals surface area (Å²) in [7, 11) is 2.63. The molecule has 1 aliphatic rings. The molecule has 7 heteroatoms. The lowest BCUT2D eigenvalue weighted by Gasteiger charge is -2.31. The van der Waals surface area contributed by atoms with Gasteiger partial charge in [-0.1, -0.05) is 41.9 Å². The average Bonchev–Trinajstić information content (AvgIpc) is 2.79. The maximum absolute atomic E-state index is 12.8. The molecular weight excluding hydrogens is 430 g/mol. The Morgan fingerprint density at radius 2 is 1.50 bits per heavy atom. The van der Waals surface area contributed by atoms with Gasteiger partial charge in [-0.05, 0) is 37.6 Å². The number of hydrogen-bond donors (Lipinski definition) is 0. The zero-order valence-corrected chi connectivity index (χ0v) is 19.3. The van der Waals surface area contributed by atoms with Crippen LogP contribution in [0.4, 0.5) is 0 Å². The minimum Gasteiger partial charge on any atom is -0.491 e. The third kappa shape index (κ3) is 5.32. The highest BCUT2D eigenvalue weighted by Gasteiger charge is 2.36. The predicted octanol–water partition coefficient (Wildman–Crippen LogP) is 4.84. The highest BCUT2D eigenvalue weighted by Crippen LogP contribution is 2.41. The van der Waals surface area contributed by atoms with Crippen molar-refractivity contribution in [2.75, 3.05) is 14.2 Å². The van der Waals surface area contributed by atoms with E-state index in [9.17, 15) is 9.59 Å². The first kappa shape index (κ1) is 23.4. The molecule has 0 fully saturated rings. The van der Waals surface area contributed by atoms with Crippen molar-refractivity contribution in [2.45, 2.75) is 32.4 Å². The molecule has 0 radical (unpaired) electrons. The molecule has 1 aliphatic heterocycles. The second kappa shape index (κ2) is 10.4. The molecule has 0 unspecified atom stereocenters. The third-order valence-electron chi connectivity index (χ3n) is 4.95. The molecule has 0 aliphatic carbocycles. The highest BCUT2D eigenvalue weighted by molar-refractivity contribution is 6.30. The second-order valence-corrected chi connectivity index (χ2v) is 8.02. The summed E-state index contributed by atoms with van der Waals surface area (Å²) in [5, 5.41) is 0.630. The first-order valence-electron chi connectivity index (χ1n) is 10.2. The lowest BCUT2D eigenvalue weighted by molar-refractivity contribution is -0.137. The Morgan fingerprint density at radius 3 is 2.03 bits per heavy atom. The van der Waals surface area contributed by atoms with Crippen LogP contribution in [0.2, 0.25) is 5.02 Å². The molecule has 0 aromatic heterocycles. The summed E-state index contributed by atoms with van der Waals surface area (Å²) in [4.78, 5) is 27.4. The van der Waals surface area contributed by atoms with E-state index < -0.39 is 17.9 Å². The Balaban J connectivity index is 2.11. The van der Waals surface area contributed by atoms with Gasteiger partial charge in [-0.2, -0.15) is 0 Å². The summed E-state index contributed by atoms with van der Waals surface area (Å²) in [6, 6.07) is 14.7. The second-order valence-electron chi connectivity index (χ2n) is 7.59. The Labute approximate surface area is 193 Å². The Hall–Kier alpha value is -3.25. The number of methoxy groups -OCH3 is 2. The van der Waals surface area contributed by atoms with Crippen LogP contribution in [0.3, 0.4) is 0 Å². The van der Waals surface area contributed by atoms with E-state index in [0.717, 1.165) is 5.56 Å². The summed E-state index contributed by atoms with van der Waals surface area (Å²) < 4.78 is 16.1. The van der Waals surface area contributed by atoms with E-state index >= 15 is 0 Å². The molecule has 2 aromatic rings. The van der Waals surface area contributed by atoms with Gasteiger partial charge in [-0.15, -0.1) is 0 Å². The van der Waals surface area contributed by atoms with Crippen LogP contribution in [-0.2, 0) is 25.6 Å². The monoisotopic (exact) mass is 455 g/mol. The van der Waals surface area contributed by atoms with Crippen LogP contribution in [0.15, 0.2) is 72.1 Å². The van der Waals surface area contributed by atoms with Crippen molar-refractivity contribution >= 4 is 23.5 Å². The SMILES string of the molecule is COC(=O)C1=CN(Cc2ccc(Cl)cc2)C=C(C(=O)OC)C1c1ccccc1OC(C)C. The number of esters is 2. The van der Waals surface area contributed by atoms with Crippen molar-refractivity contribution in [3.63, 3.8) is 0 Å². The Bertz CT molecular complexity index is 1010. The van der Waals surface area contributed by atoms with Crippen LogP contribution in [0, 0.1) is 0 Å². The number of benzene rings is 2. The van der Waals surface area contributed by atoms with Crippen molar-refractivity contribution in [1.82, 2.24) is 4.90 Å². The Kier molecular flexibility index (Phi) is 7.59. The number of carbonyl (C=O) groups excluding carboxylic acids is 2. The van der Waals surface area contributed by atoms with Gasteiger partial charge >= 0.3 is 11.9 Å². The summed E-state index contributed by atoms with van der Waals surface area (Å²) in [5.41, 5.74) is 2.26. The van der Waals surface area contributed by atoms with Crippen LogP contribution in [0.1, 0.15) is 30.9 Å². The standard InChI is InChI=1S/C25H26ClNO5/c1-16(2)32-22-8-6-5-7-19(22)23-20(24(28)30-3)14-27(15-21(23)25(29)31-4)13-17-9-11-18(26)12-10-17/h5-12,14-16,23H,13H2,1-4H3. The molecule has 1 heterocycles. The van der Waals surface area contributed by atoms with Crippen molar-refractivity contribution in [3.8, 4) is 5.75 Å². The predicted molar refractivity (Wildman–Crippen MR) is 122 cm³/mol. The first-order valence-corrected chi connectivity index (χ1v) is 10.6. The summed E-state index contributed by atoms with van der Waals surface area (Å²) in [6.45, 7) is 4.26. The van der Waals surface area contributed by atoms with Crippen LogP contribution in [-0.4, -0.2) is 37.2 Å². The van der Waals surface area contributed by atoms with Gasteiger partial charge in [0.25, 0.3) is 0 Å². The van der Waals surface area contributed by atoms with Crippen LogP contribution < -0.4 is 4.74 Å². The number of nitrogens with zero attached hydrogens (tertiary/aromatic N) is 1. The number of para-hydroxylation sites is 1. The lowest BCUT2D eigenvalue weighted by atomic mass is 9.82. The van der Waals surface area contributed by atoms with E-state index in [1.807, 2.05) is 50.2 Å². The van der Waals surface area contributed by atoms with Gasteiger partial charge in [0, 0.05) is 29.5 Å². The maximum Gasteiger partial charge on any atom is 0.336 e. The number of hydrogen-bond acceptors (Lipinski definition) is 6. The largest absolute Gasteiger partial charge is 0.491 e. The smallest absolute Gasteiger partial charge is 0.336 e. The van der Waals surface area contributed by atoms with Crippen LogP contribution >= 0.6 is 11.6 Å². The molecule has 0 atom stereocenters. The fourth-order valence-electron chi connectivity index (χ4n) is 3.60. The molecule has 6 nitrogen and oxygen atoms in total. The van der Waals surface area contributed by atoms with Crippen molar-refractivity contribution in [2.24, 2.45) is 0 Å². The van der Waals surface area contributed by atoms with Crippen LogP contribution in [0.5, 0.6) is 5.75 Å². The molecule has 0 saturated heterocycles. The molecule has 168 valence electrons. The van der Waals surface area contributed by atoms with Gasteiger partial charge in [0.15, 0.2) is 0 Å². The molecule has 0 bridgehead atoms. The minimum absolute atomic E-state index is 0.0859. The van der Waals surface area contributed by atoms with E-state index in [0.29, 0.717) is 34.0 Å². The Morgan fingerprint density at radius 1 is 0.938 bits per heavy atom. The lowest BCUT2D eigenvalue weighted by Crippen LogP contribution is -2.29. The number of ether oxygens (including phenoxy) is 3. The molecule has 2 aromatic carbocycles. The van der Waals surface area contributed by atoms with E-state index in [1.165, 1.54) is 14.2 Å². The van der Waals surface area contributed by atoms with Gasteiger partial charge in [0.2, 0.25) is 0 Å². The minimum atomic E-state index is -0.702. The molecule has 0 spiro atoms. The highest BCUT2D eigenvalue weighted by atomic mass is 35.5. The van der Waals surface area contributed by atoms with E-state index in [2.05, 4.69) is 0 Å². The molecular formula is C25H26ClNO5. The third-order valence-corrected chi connectivity index (χ3v) is 5.20. The van der Waals surface area contributed by atoms with E-state index in [-0.39, 0.29) is 6.10 Å². The van der Waals surface area contributed by atoms with E-state index in [1.54, 1.807) is 29.4 Å². The van der Waals surface area contributed by atoms with Crippen LogP contribution in [0.25, 0.3) is 0 Å². The summed E-state index contributed by atoms with van der Waals surface area (Å²) in [6.07, 6.45) is 3.31. The normalized spacial score (nSPS) is 14.0. The van der Waals surface area contributed by atoms with Gasteiger partial charge in [-0.3, -0.25) is 0 Å². The van der Waals surface area contributed by atoms with Crippen molar-refractivity contribution < 1.29 is 23.8 Å². The van der Waals surface area contributed by atoms with Gasteiger partial charge in [0.05, 0.1) is 37.4 Å². The molecule has 0 saturated carbocycles. The number of halogens is 1. The number of rotatable bonds is 7. The fourth-order valence-corrected chi connectivity index (χ4v) is 3.72. The summed E-state index contributed by atoms with van der Waals surface area (Å²) >= 11 is 5.99. The quantitative estimate of drug-likeness (QED) is 0.556. The topological polar surface area (TPSA) is 65.1 Å². The number of carbonyl (C=O) groups is 2. The van der Waals surface area contributed by atoms with Crippen molar-refractivity contribution in [1.29, 1.82) is 0 Å². The molecule has 3 rings (SSSR count). The van der Waals surface area contributed by atoms with Gasteiger partial charge in [-0.25, -0.2) is 9.59 Å². The van der Waals surface area contributed by atoms with Crippen molar-refractivity contribution in [3.05, 3.63) is 88.2 Å². The summed E-state index contributed by atoms with van der Waals surface area (Å²) in [5.74, 6) is -1.19. The van der Waals surface area contributed by atoms with Gasteiger partial charge in [0.1, 0.15) is 5.75 Å². The zero-order chi connectivity index (χ0) is 23.3. The first-order chi connectivity index (χ1) is 15.3. The van der Waals surface area contributed by atoms with Gasteiger partial charge < -0.3 is 19.1 Å². The average molecular weight is 456 g/mol. The molecule has 0 amide bonds. The molecule has 32 heavy (non-hydrogen) atoms. The maximum atomic E-state index is 12.8. The molecule has 0 N–H and O–H groups in total.